The van der Waals surface area contributed by atoms with Crippen molar-refractivity contribution in [2.45, 2.75) is 71.5 Å². The Morgan fingerprint density at radius 3 is 2.48 bits per heavy atom. The van der Waals surface area contributed by atoms with Gasteiger partial charge in [-0.15, -0.1) is 0 Å². The van der Waals surface area contributed by atoms with E-state index in [2.05, 4.69) is 26.3 Å². The molecule has 3 rings (SSSR count). The fourth-order valence-corrected chi connectivity index (χ4v) is 4.38. The first-order chi connectivity index (χ1) is 19.1. The first-order valence-electron chi connectivity index (χ1n) is 13.9. The monoisotopic (exact) mass is 551 g/mol. The molecular formula is C30H41N5O5. The van der Waals surface area contributed by atoms with Crippen molar-refractivity contribution in [2.24, 2.45) is 11.8 Å². The number of rotatable bonds is 7. The summed E-state index contributed by atoms with van der Waals surface area (Å²) in [5, 5.41) is 11.5. The van der Waals surface area contributed by atoms with Crippen molar-refractivity contribution in [3.05, 3.63) is 59.9 Å². The van der Waals surface area contributed by atoms with Crippen molar-refractivity contribution in [1.82, 2.24) is 26.3 Å². The molecular weight excluding hydrogens is 510 g/mol. The normalized spacial score (nSPS) is 20.8. The predicted molar refractivity (Wildman–Crippen MR) is 152 cm³/mol. The molecule has 1 aromatic carbocycles. The van der Waals surface area contributed by atoms with Gasteiger partial charge in [0.1, 0.15) is 24.4 Å². The number of fused-ring (bicyclic) bond motifs is 1. The highest BCUT2D eigenvalue weighted by Crippen LogP contribution is 2.20. The van der Waals surface area contributed by atoms with E-state index in [1.165, 1.54) is 0 Å². The molecule has 0 saturated heterocycles. The van der Waals surface area contributed by atoms with Crippen molar-refractivity contribution in [2.75, 3.05) is 13.2 Å². The number of ether oxygens (including phenoxy) is 1. The van der Waals surface area contributed by atoms with Crippen LogP contribution in [-0.2, 0) is 20.8 Å². The summed E-state index contributed by atoms with van der Waals surface area (Å²) in [6.07, 6.45) is 2.67. The third kappa shape index (κ3) is 9.36. The van der Waals surface area contributed by atoms with E-state index in [-0.39, 0.29) is 54.7 Å². The first-order valence-corrected chi connectivity index (χ1v) is 13.9. The molecule has 1 aliphatic rings. The molecule has 0 spiro atoms. The van der Waals surface area contributed by atoms with E-state index in [0.717, 1.165) is 5.69 Å². The van der Waals surface area contributed by atoms with Crippen molar-refractivity contribution >= 4 is 23.6 Å². The van der Waals surface area contributed by atoms with E-state index in [1.807, 2.05) is 45.9 Å². The van der Waals surface area contributed by atoms with Crippen molar-refractivity contribution in [3.8, 4) is 5.75 Å². The average Bonchev–Trinajstić information content (AvgIpc) is 2.92. The number of hydrogen-bond donors (Lipinski definition) is 4. The summed E-state index contributed by atoms with van der Waals surface area (Å²) in [6.45, 7) is 8.35. The molecule has 1 aromatic heterocycles. The van der Waals surface area contributed by atoms with Gasteiger partial charge in [0, 0.05) is 31.3 Å². The van der Waals surface area contributed by atoms with Crippen LogP contribution in [0.1, 0.15) is 63.0 Å². The largest absolute Gasteiger partial charge is 0.491 e. The Bertz CT molecular complexity index is 1150. The summed E-state index contributed by atoms with van der Waals surface area (Å²) in [4.78, 5) is 56.9. The quantitative estimate of drug-likeness (QED) is 0.417. The summed E-state index contributed by atoms with van der Waals surface area (Å²) < 4.78 is 6.03. The Morgan fingerprint density at radius 1 is 1.02 bits per heavy atom. The van der Waals surface area contributed by atoms with Crippen LogP contribution in [0.15, 0.2) is 48.7 Å². The SMILES string of the molecule is CC(C)C[C@@H]1NC(=O)CC[C@@H](C(=O)NCCc2ccccn2)NC(=O)c2ccccc2OC[C@@H](C(C)C)NC1=O. The third-order valence-corrected chi connectivity index (χ3v) is 6.73. The lowest BCUT2D eigenvalue weighted by Gasteiger charge is -2.27. The number of nitrogens with zero attached hydrogens (tertiary/aromatic N) is 1. The Hall–Kier alpha value is -3.95. The van der Waals surface area contributed by atoms with Gasteiger partial charge in [0.25, 0.3) is 5.91 Å². The number of hydrogen-bond acceptors (Lipinski definition) is 6. The minimum atomic E-state index is -0.971. The maximum absolute atomic E-state index is 13.3. The zero-order chi connectivity index (χ0) is 29.1. The van der Waals surface area contributed by atoms with Crippen LogP contribution < -0.4 is 26.0 Å². The molecule has 10 heteroatoms. The number of amides is 4. The summed E-state index contributed by atoms with van der Waals surface area (Å²) in [6, 6.07) is 10.3. The molecule has 4 amide bonds. The lowest BCUT2D eigenvalue weighted by atomic mass is 10.0. The van der Waals surface area contributed by atoms with E-state index < -0.39 is 23.9 Å². The fraction of sp³-hybridized carbons (Fsp3) is 0.500. The molecule has 2 heterocycles. The van der Waals surface area contributed by atoms with Gasteiger partial charge in [-0.1, -0.05) is 45.9 Å². The molecule has 216 valence electrons. The molecule has 4 N–H and O–H groups in total. The van der Waals surface area contributed by atoms with Gasteiger partial charge in [0.05, 0.1) is 11.6 Å². The second kappa shape index (κ2) is 15.0. The number of nitrogens with one attached hydrogen (secondary N) is 4. The second-order valence-electron chi connectivity index (χ2n) is 10.8. The maximum atomic E-state index is 13.3. The highest BCUT2D eigenvalue weighted by atomic mass is 16.5. The van der Waals surface area contributed by atoms with Gasteiger partial charge in [-0.05, 0) is 48.9 Å². The molecule has 10 nitrogen and oxygen atoms in total. The molecule has 40 heavy (non-hydrogen) atoms. The highest BCUT2D eigenvalue weighted by Gasteiger charge is 2.29. The molecule has 0 bridgehead atoms. The lowest BCUT2D eigenvalue weighted by molar-refractivity contribution is -0.130. The van der Waals surface area contributed by atoms with E-state index in [9.17, 15) is 19.2 Å². The molecule has 1 aliphatic heterocycles. The van der Waals surface area contributed by atoms with Gasteiger partial charge in [0.2, 0.25) is 17.7 Å². The van der Waals surface area contributed by atoms with Gasteiger partial charge in [-0.25, -0.2) is 0 Å². The van der Waals surface area contributed by atoms with E-state index in [0.29, 0.717) is 25.1 Å². The Morgan fingerprint density at radius 2 is 1.77 bits per heavy atom. The Balaban J connectivity index is 1.84. The zero-order valence-electron chi connectivity index (χ0n) is 23.7. The number of carbonyl (C=O) groups is 4. The topological polar surface area (TPSA) is 139 Å². The molecule has 3 atom stereocenters. The van der Waals surface area contributed by atoms with Crippen molar-refractivity contribution < 1.29 is 23.9 Å². The molecule has 0 saturated carbocycles. The summed E-state index contributed by atoms with van der Waals surface area (Å²) >= 11 is 0. The maximum Gasteiger partial charge on any atom is 0.255 e. The van der Waals surface area contributed by atoms with Crippen LogP contribution >= 0.6 is 0 Å². The van der Waals surface area contributed by atoms with Crippen LogP contribution in [0.2, 0.25) is 0 Å². The Kier molecular flexibility index (Phi) is 11.5. The van der Waals surface area contributed by atoms with Crippen molar-refractivity contribution in [1.29, 1.82) is 0 Å². The minimum Gasteiger partial charge on any atom is -0.491 e. The first kappa shape index (κ1) is 30.6. The molecule has 0 unspecified atom stereocenters. The second-order valence-corrected chi connectivity index (χ2v) is 10.8. The summed E-state index contributed by atoms with van der Waals surface area (Å²) in [5.74, 6) is -1.00. The average molecular weight is 552 g/mol. The van der Waals surface area contributed by atoms with Gasteiger partial charge < -0.3 is 26.0 Å². The number of carbonyl (C=O) groups excluding carboxylic acids is 4. The van der Waals surface area contributed by atoms with Gasteiger partial charge in [-0.3, -0.25) is 24.2 Å². The van der Waals surface area contributed by atoms with Crippen LogP contribution in [0.3, 0.4) is 0 Å². The standard InChI is InChI=1S/C30H41N5O5/c1-19(2)17-24-30(39)35-25(20(3)4)18-40-26-11-6-5-10-22(26)28(37)34-23(12-13-27(36)33-24)29(38)32-16-14-21-9-7-8-15-31-21/h5-11,15,19-20,23-25H,12-14,16-18H2,1-4H3,(H,32,38)(H,33,36)(H,34,37)(H,35,39)/t23-,24-,25-/m0/s1. The molecule has 0 fully saturated rings. The number of pyridine rings is 1. The van der Waals surface area contributed by atoms with Crippen LogP contribution in [-0.4, -0.2) is 59.9 Å². The van der Waals surface area contributed by atoms with Gasteiger partial charge in [0.15, 0.2) is 0 Å². The fourth-order valence-electron chi connectivity index (χ4n) is 4.38. The van der Waals surface area contributed by atoms with Crippen molar-refractivity contribution in [3.63, 3.8) is 0 Å². The summed E-state index contributed by atoms with van der Waals surface area (Å²) in [7, 11) is 0. The zero-order valence-corrected chi connectivity index (χ0v) is 23.7. The molecule has 0 aliphatic carbocycles. The van der Waals surface area contributed by atoms with Crippen LogP contribution in [0.4, 0.5) is 0 Å². The van der Waals surface area contributed by atoms with Crippen LogP contribution in [0.5, 0.6) is 5.75 Å². The highest BCUT2D eigenvalue weighted by molar-refractivity contribution is 5.99. The van der Waals surface area contributed by atoms with Gasteiger partial charge >= 0.3 is 0 Å². The van der Waals surface area contributed by atoms with Gasteiger partial charge in [-0.2, -0.15) is 0 Å². The molecule has 0 radical (unpaired) electrons. The number of para-hydroxylation sites is 1. The number of aromatic nitrogens is 1. The smallest absolute Gasteiger partial charge is 0.255 e. The predicted octanol–water partition coefficient (Wildman–Crippen LogP) is 2.38. The van der Waals surface area contributed by atoms with E-state index in [4.69, 9.17) is 4.74 Å². The number of benzene rings is 1. The van der Waals surface area contributed by atoms with Crippen LogP contribution in [0.25, 0.3) is 0 Å². The van der Waals surface area contributed by atoms with Crippen LogP contribution in [0, 0.1) is 11.8 Å². The third-order valence-electron chi connectivity index (χ3n) is 6.73. The summed E-state index contributed by atoms with van der Waals surface area (Å²) in [5.41, 5.74) is 1.09. The van der Waals surface area contributed by atoms with E-state index >= 15 is 0 Å². The Labute approximate surface area is 236 Å². The van der Waals surface area contributed by atoms with E-state index in [1.54, 1.807) is 30.5 Å². The molecule has 2 aromatic rings. The minimum absolute atomic E-state index is 0.0372. The lowest BCUT2D eigenvalue weighted by Crippen LogP contribution is -2.53.